The van der Waals surface area contributed by atoms with E-state index < -0.39 is 28.3 Å². The monoisotopic (exact) mass is 307 g/mol. The Kier molecular flexibility index (Phi) is 5.73. The number of amides is 1. The predicted octanol–water partition coefficient (Wildman–Crippen LogP) is -3.31. The fraction of sp³-hybridized carbons (Fsp3) is 0.364. The van der Waals surface area contributed by atoms with E-state index >= 15 is 0 Å². The summed E-state index contributed by atoms with van der Waals surface area (Å²) in [7, 11) is -3.02. The molecule has 1 amide bonds. The van der Waals surface area contributed by atoms with Crippen molar-refractivity contribution < 1.29 is 47.3 Å². The second-order valence-corrected chi connectivity index (χ2v) is 5.49. The molecule has 1 heterocycles. The van der Waals surface area contributed by atoms with E-state index in [1.165, 1.54) is 5.01 Å². The maximum absolute atomic E-state index is 12.2. The van der Waals surface area contributed by atoms with Gasteiger partial charge in [0.2, 0.25) is 0 Å². The van der Waals surface area contributed by atoms with Crippen molar-refractivity contribution in [3.05, 3.63) is 30.3 Å². The summed E-state index contributed by atoms with van der Waals surface area (Å²) in [5.74, 6) is -0.472. The molecule has 1 aromatic carbocycles. The average Bonchev–Trinajstić information content (AvgIpc) is 2.53. The van der Waals surface area contributed by atoms with Crippen LogP contribution < -0.4 is 39.3 Å². The van der Waals surface area contributed by atoms with Gasteiger partial charge in [0.15, 0.2) is 10.3 Å². The van der Waals surface area contributed by atoms with Crippen LogP contribution in [0.5, 0.6) is 0 Å². The summed E-state index contributed by atoms with van der Waals surface area (Å²) in [6.07, 6.45) is 0. The number of benzene rings is 1. The van der Waals surface area contributed by atoms with Crippen molar-refractivity contribution in [1.82, 2.24) is 9.73 Å². The van der Waals surface area contributed by atoms with E-state index in [9.17, 15) is 17.8 Å². The largest absolute Gasteiger partial charge is 1.00 e. The normalized spacial score (nSPS) is 23.8. The number of para-hydroxylation sites is 1. The van der Waals surface area contributed by atoms with Gasteiger partial charge in [0.05, 0.1) is 11.7 Å². The zero-order chi connectivity index (χ0) is 14.2. The fourth-order valence-electron chi connectivity index (χ4n) is 2.07. The van der Waals surface area contributed by atoms with Crippen LogP contribution >= 0.6 is 0 Å². The molecule has 0 radical (unpaired) electrons. The van der Waals surface area contributed by atoms with E-state index in [0.717, 1.165) is 0 Å². The molecule has 0 bridgehead atoms. The maximum Gasteiger partial charge on any atom is 1.00 e. The summed E-state index contributed by atoms with van der Waals surface area (Å²) in [5.41, 5.74) is 0.620. The molecule has 1 fully saturated rings. The van der Waals surface area contributed by atoms with Crippen LogP contribution in [0.1, 0.15) is 6.92 Å². The standard InChI is InChI=1S/C11H15N3O4S.Na/c1-8-10(12-19(16,17)18)11(15)14(13(8)2)9-6-4-3-5-7-9;/h3-8,10,12H,1-2H3,(H,16,17,18);/q;+1/p-1. The van der Waals surface area contributed by atoms with Crippen LogP contribution in [-0.4, -0.2) is 43.0 Å². The van der Waals surface area contributed by atoms with Crippen molar-refractivity contribution in [2.24, 2.45) is 0 Å². The molecular formula is C11H14N3NaO4S. The number of carbonyl (C=O) groups is 1. The molecule has 1 aromatic rings. The molecule has 0 spiro atoms. The van der Waals surface area contributed by atoms with Gasteiger partial charge in [-0.15, -0.1) is 0 Å². The molecule has 1 aliphatic heterocycles. The minimum atomic E-state index is -4.68. The number of hydrogen-bond acceptors (Lipinski definition) is 5. The first-order valence-electron chi connectivity index (χ1n) is 5.66. The Morgan fingerprint density at radius 1 is 1.25 bits per heavy atom. The van der Waals surface area contributed by atoms with Gasteiger partial charge in [-0.25, -0.2) is 23.2 Å². The van der Waals surface area contributed by atoms with Crippen LogP contribution in [0.3, 0.4) is 0 Å². The van der Waals surface area contributed by atoms with Gasteiger partial charge in [0.1, 0.15) is 6.04 Å². The van der Waals surface area contributed by atoms with Gasteiger partial charge in [0.25, 0.3) is 5.91 Å². The van der Waals surface area contributed by atoms with E-state index in [4.69, 9.17) is 0 Å². The summed E-state index contributed by atoms with van der Waals surface area (Å²) in [4.78, 5) is 12.2. The molecule has 0 aromatic heterocycles. The molecule has 1 aliphatic rings. The number of hydrazine groups is 1. The Labute approximate surface area is 140 Å². The third-order valence-electron chi connectivity index (χ3n) is 3.13. The van der Waals surface area contributed by atoms with Crippen LogP contribution in [0, 0.1) is 0 Å². The Bertz CT molecular complexity index is 581. The summed E-state index contributed by atoms with van der Waals surface area (Å²) in [6.45, 7) is 1.67. The smallest absolute Gasteiger partial charge is 0.735 e. The Morgan fingerprint density at radius 2 is 1.80 bits per heavy atom. The molecule has 20 heavy (non-hydrogen) atoms. The molecule has 1 N–H and O–H groups in total. The molecule has 7 nitrogen and oxygen atoms in total. The number of carbonyl (C=O) groups excluding carboxylic acids is 1. The van der Waals surface area contributed by atoms with Crippen molar-refractivity contribution in [2.45, 2.75) is 19.0 Å². The summed E-state index contributed by atoms with van der Waals surface area (Å²) in [5, 5.41) is 2.95. The van der Waals surface area contributed by atoms with Gasteiger partial charge < -0.3 is 4.55 Å². The Hall–Kier alpha value is -0.480. The van der Waals surface area contributed by atoms with Gasteiger partial charge in [-0.2, -0.15) is 0 Å². The molecule has 2 atom stereocenters. The second-order valence-electron chi connectivity index (χ2n) is 4.35. The van der Waals surface area contributed by atoms with Crippen LogP contribution in [0.15, 0.2) is 30.3 Å². The molecule has 2 rings (SSSR count). The summed E-state index contributed by atoms with van der Waals surface area (Å²) >= 11 is 0. The van der Waals surface area contributed by atoms with Gasteiger partial charge >= 0.3 is 29.6 Å². The average molecular weight is 307 g/mol. The van der Waals surface area contributed by atoms with Crippen LogP contribution in [-0.2, 0) is 15.1 Å². The maximum atomic E-state index is 12.2. The number of anilines is 1. The molecule has 2 unspecified atom stereocenters. The van der Waals surface area contributed by atoms with Crippen molar-refractivity contribution >= 4 is 21.9 Å². The van der Waals surface area contributed by atoms with Crippen molar-refractivity contribution in [3.8, 4) is 0 Å². The number of likely N-dealkylation sites (N-methyl/N-ethyl adjacent to an activating group) is 1. The number of hydrogen-bond donors (Lipinski definition) is 1. The van der Waals surface area contributed by atoms with Gasteiger partial charge in [-0.1, -0.05) is 18.2 Å². The Balaban J connectivity index is 0.00000200. The first-order valence-corrected chi connectivity index (χ1v) is 7.07. The van der Waals surface area contributed by atoms with E-state index in [1.54, 1.807) is 43.2 Å². The third kappa shape index (κ3) is 3.59. The topological polar surface area (TPSA) is 92.8 Å². The van der Waals surface area contributed by atoms with Crippen molar-refractivity contribution in [3.63, 3.8) is 0 Å². The van der Waals surface area contributed by atoms with Gasteiger partial charge in [-0.05, 0) is 19.1 Å². The number of rotatable bonds is 3. The van der Waals surface area contributed by atoms with E-state index in [1.807, 2.05) is 10.8 Å². The van der Waals surface area contributed by atoms with E-state index in [-0.39, 0.29) is 29.6 Å². The number of nitrogens with one attached hydrogen (secondary N) is 1. The summed E-state index contributed by atoms with van der Waals surface area (Å²) in [6, 6.07) is 7.29. The van der Waals surface area contributed by atoms with Crippen molar-refractivity contribution in [1.29, 1.82) is 0 Å². The first kappa shape index (κ1) is 17.6. The minimum absolute atomic E-state index is 0. The fourth-order valence-corrected chi connectivity index (χ4v) is 2.68. The zero-order valence-corrected chi connectivity index (χ0v) is 14.3. The Morgan fingerprint density at radius 3 is 2.30 bits per heavy atom. The summed E-state index contributed by atoms with van der Waals surface area (Å²) < 4.78 is 34.1. The number of nitrogens with zero attached hydrogens (tertiary/aromatic N) is 2. The molecule has 0 aliphatic carbocycles. The van der Waals surface area contributed by atoms with E-state index in [0.29, 0.717) is 5.69 Å². The quantitative estimate of drug-likeness (QED) is 0.466. The minimum Gasteiger partial charge on any atom is -0.735 e. The van der Waals surface area contributed by atoms with Gasteiger partial charge in [-0.3, -0.25) is 4.79 Å². The van der Waals surface area contributed by atoms with Crippen LogP contribution in [0.4, 0.5) is 5.69 Å². The van der Waals surface area contributed by atoms with Crippen LogP contribution in [0.25, 0.3) is 0 Å². The van der Waals surface area contributed by atoms with Gasteiger partial charge in [0, 0.05) is 7.05 Å². The molecule has 104 valence electrons. The molecule has 0 saturated carbocycles. The molecular weight excluding hydrogens is 293 g/mol. The predicted molar refractivity (Wildman–Crippen MR) is 67.8 cm³/mol. The van der Waals surface area contributed by atoms with Crippen molar-refractivity contribution in [2.75, 3.05) is 12.1 Å². The SMILES string of the molecule is CC1C(NS(=O)(=O)[O-])C(=O)N(c2ccccc2)N1C.[Na+]. The second kappa shape index (κ2) is 6.52. The molecule has 9 heteroatoms. The zero-order valence-electron chi connectivity index (χ0n) is 11.5. The third-order valence-corrected chi connectivity index (χ3v) is 3.68. The van der Waals surface area contributed by atoms with E-state index in [2.05, 4.69) is 0 Å². The molecule has 1 saturated heterocycles. The van der Waals surface area contributed by atoms with Crippen LogP contribution in [0.2, 0.25) is 0 Å². The first-order chi connectivity index (χ1) is 8.81.